The number of rotatable bonds is 1. The number of hydrogen-bond donors (Lipinski definition) is 0. The van der Waals surface area contributed by atoms with Gasteiger partial charge < -0.3 is 0 Å². The van der Waals surface area contributed by atoms with Gasteiger partial charge in [-0.1, -0.05) is 12.2 Å². The van der Waals surface area contributed by atoms with Gasteiger partial charge in [0.05, 0.1) is 0 Å². The summed E-state index contributed by atoms with van der Waals surface area (Å²) >= 11 is 0. The first kappa shape index (κ1) is 6.41. The van der Waals surface area contributed by atoms with E-state index >= 15 is 0 Å². The molecule has 0 aromatic heterocycles. The quantitative estimate of drug-likeness (QED) is 0.498. The molecule has 2 fully saturated rings. The molecule has 1 saturated carbocycles. The summed E-state index contributed by atoms with van der Waals surface area (Å²) in [6.45, 7) is 6.56. The van der Waals surface area contributed by atoms with Gasteiger partial charge in [0.15, 0.2) is 0 Å². The molecule has 2 rings (SSSR count). The molecule has 1 nitrogen and oxygen atoms in total. The summed E-state index contributed by atoms with van der Waals surface area (Å²) in [5.74, 6) is 0. The van der Waals surface area contributed by atoms with Gasteiger partial charge in [0, 0.05) is 19.1 Å². The Morgan fingerprint density at radius 1 is 1.20 bits per heavy atom. The van der Waals surface area contributed by atoms with Crippen LogP contribution in [0.4, 0.5) is 0 Å². The number of piperidine rings is 1. The molecule has 1 aliphatic carbocycles. The van der Waals surface area contributed by atoms with Crippen LogP contribution in [0.25, 0.3) is 0 Å². The van der Waals surface area contributed by atoms with Crippen molar-refractivity contribution in [2.45, 2.75) is 31.7 Å². The van der Waals surface area contributed by atoms with Crippen molar-refractivity contribution in [3.63, 3.8) is 0 Å². The second-order valence-electron chi connectivity index (χ2n) is 3.52. The van der Waals surface area contributed by atoms with Gasteiger partial charge in [0.2, 0.25) is 0 Å². The monoisotopic (exact) mass is 137 g/mol. The van der Waals surface area contributed by atoms with Crippen molar-refractivity contribution in [2.24, 2.45) is 0 Å². The lowest BCUT2D eigenvalue weighted by molar-refractivity contribution is 0.247. The molecule has 0 atom stereocenters. The molecule has 0 bridgehead atoms. The van der Waals surface area contributed by atoms with Crippen LogP contribution in [-0.2, 0) is 0 Å². The van der Waals surface area contributed by atoms with Crippen LogP contribution in [0, 0.1) is 0 Å². The highest BCUT2D eigenvalue weighted by atomic mass is 15.2. The highest BCUT2D eigenvalue weighted by molar-refractivity contribution is 5.01. The fraction of sp³-hybridized carbons (Fsp3) is 0.778. The Morgan fingerprint density at radius 3 is 2.30 bits per heavy atom. The summed E-state index contributed by atoms with van der Waals surface area (Å²) in [5, 5.41) is 0. The largest absolute Gasteiger partial charge is 0.300 e. The fourth-order valence-corrected chi connectivity index (χ4v) is 1.65. The lowest BCUT2D eigenvalue weighted by atomic mass is 10.1. The van der Waals surface area contributed by atoms with E-state index < -0.39 is 0 Å². The Hall–Kier alpha value is -0.300. The molecule has 0 unspecified atom stereocenters. The molecule has 1 heteroatoms. The molecule has 0 radical (unpaired) electrons. The topological polar surface area (TPSA) is 3.24 Å². The third kappa shape index (κ3) is 1.24. The first-order valence-electron chi connectivity index (χ1n) is 4.27. The van der Waals surface area contributed by atoms with Crippen LogP contribution in [-0.4, -0.2) is 24.0 Å². The Kier molecular flexibility index (Phi) is 1.53. The lowest BCUT2D eigenvalue weighted by Gasteiger charge is -2.27. The molecule has 2 aliphatic rings. The average molecular weight is 137 g/mol. The van der Waals surface area contributed by atoms with E-state index in [1.807, 2.05) is 0 Å². The third-order valence-electron chi connectivity index (χ3n) is 2.57. The summed E-state index contributed by atoms with van der Waals surface area (Å²) in [6.07, 6.45) is 5.39. The van der Waals surface area contributed by atoms with Crippen molar-refractivity contribution in [2.75, 3.05) is 13.1 Å². The van der Waals surface area contributed by atoms with E-state index in [9.17, 15) is 0 Å². The van der Waals surface area contributed by atoms with Gasteiger partial charge in [0.1, 0.15) is 0 Å². The maximum Gasteiger partial charge on any atom is 0.00966 e. The zero-order valence-electron chi connectivity index (χ0n) is 6.47. The van der Waals surface area contributed by atoms with E-state index in [2.05, 4.69) is 11.5 Å². The molecule has 0 amide bonds. The zero-order chi connectivity index (χ0) is 6.97. The summed E-state index contributed by atoms with van der Waals surface area (Å²) < 4.78 is 0. The SMILES string of the molecule is C=C1CCN(C2CC2)CC1. The summed E-state index contributed by atoms with van der Waals surface area (Å²) in [4.78, 5) is 2.62. The summed E-state index contributed by atoms with van der Waals surface area (Å²) in [7, 11) is 0. The van der Waals surface area contributed by atoms with Gasteiger partial charge in [-0.2, -0.15) is 0 Å². The Morgan fingerprint density at radius 2 is 1.80 bits per heavy atom. The van der Waals surface area contributed by atoms with Crippen LogP contribution < -0.4 is 0 Å². The molecule has 0 spiro atoms. The minimum atomic E-state index is 0.966. The van der Waals surface area contributed by atoms with E-state index in [-0.39, 0.29) is 0 Å². The number of likely N-dealkylation sites (tertiary alicyclic amines) is 1. The van der Waals surface area contributed by atoms with Gasteiger partial charge in [-0.15, -0.1) is 0 Å². The highest BCUT2D eigenvalue weighted by Gasteiger charge is 2.29. The van der Waals surface area contributed by atoms with Crippen LogP contribution in [0.15, 0.2) is 12.2 Å². The van der Waals surface area contributed by atoms with Gasteiger partial charge in [-0.05, 0) is 25.7 Å². The molecule has 10 heavy (non-hydrogen) atoms. The molecule has 1 saturated heterocycles. The molecule has 1 heterocycles. The Bertz CT molecular complexity index is 137. The Labute approximate surface area is 62.7 Å². The van der Waals surface area contributed by atoms with Gasteiger partial charge in [0.25, 0.3) is 0 Å². The number of hydrogen-bond acceptors (Lipinski definition) is 1. The van der Waals surface area contributed by atoms with Crippen LogP contribution in [0.1, 0.15) is 25.7 Å². The summed E-state index contributed by atoms with van der Waals surface area (Å²) in [5.41, 5.74) is 1.46. The smallest absolute Gasteiger partial charge is 0.00966 e. The molecule has 0 aromatic carbocycles. The maximum absolute atomic E-state index is 4.00. The van der Waals surface area contributed by atoms with Gasteiger partial charge in [-0.25, -0.2) is 0 Å². The average Bonchev–Trinajstić information content (AvgIpc) is 2.71. The number of nitrogens with zero attached hydrogens (tertiary/aromatic N) is 1. The van der Waals surface area contributed by atoms with Crippen molar-refractivity contribution >= 4 is 0 Å². The highest BCUT2D eigenvalue weighted by Crippen LogP contribution is 2.29. The second kappa shape index (κ2) is 2.39. The predicted octanol–water partition coefficient (Wildman–Crippen LogP) is 1.80. The third-order valence-corrected chi connectivity index (χ3v) is 2.57. The van der Waals surface area contributed by atoms with Crippen molar-refractivity contribution in [3.05, 3.63) is 12.2 Å². The molecule has 1 aliphatic heterocycles. The standard InChI is InChI=1S/C9H15N/c1-8-4-6-10(7-5-8)9-2-3-9/h9H,1-7H2. The van der Waals surface area contributed by atoms with Crippen molar-refractivity contribution < 1.29 is 0 Å². The van der Waals surface area contributed by atoms with E-state index in [4.69, 9.17) is 0 Å². The van der Waals surface area contributed by atoms with Crippen molar-refractivity contribution in [3.8, 4) is 0 Å². The normalized spacial score (nSPS) is 29.0. The van der Waals surface area contributed by atoms with E-state index in [0.717, 1.165) is 6.04 Å². The van der Waals surface area contributed by atoms with Crippen LogP contribution >= 0.6 is 0 Å². The fourth-order valence-electron chi connectivity index (χ4n) is 1.65. The Balaban J connectivity index is 1.84. The van der Waals surface area contributed by atoms with Crippen LogP contribution in [0.5, 0.6) is 0 Å². The van der Waals surface area contributed by atoms with Gasteiger partial charge in [-0.3, -0.25) is 4.90 Å². The first-order chi connectivity index (χ1) is 4.86. The van der Waals surface area contributed by atoms with Crippen LogP contribution in [0.2, 0.25) is 0 Å². The zero-order valence-corrected chi connectivity index (χ0v) is 6.47. The van der Waals surface area contributed by atoms with Crippen molar-refractivity contribution in [1.29, 1.82) is 0 Å². The minimum Gasteiger partial charge on any atom is -0.300 e. The van der Waals surface area contributed by atoms with Crippen LogP contribution in [0.3, 0.4) is 0 Å². The lowest BCUT2D eigenvalue weighted by Crippen LogP contribution is -2.32. The molecular formula is C9H15N. The van der Waals surface area contributed by atoms with E-state index in [0.29, 0.717) is 0 Å². The van der Waals surface area contributed by atoms with E-state index in [1.165, 1.54) is 44.3 Å². The predicted molar refractivity (Wildman–Crippen MR) is 43.0 cm³/mol. The molecule has 0 aromatic rings. The minimum absolute atomic E-state index is 0.966. The van der Waals surface area contributed by atoms with E-state index in [1.54, 1.807) is 0 Å². The van der Waals surface area contributed by atoms with Gasteiger partial charge >= 0.3 is 0 Å². The first-order valence-corrected chi connectivity index (χ1v) is 4.27. The summed E-state index contributed by atoms with van der Waals surface area (Å²) in [6, 6.07) is 0.966. The van der Waals surface area contributed by atoms with Crippen molar-refractivity contribution in [1.82, 2.24) is 4.90 Å². The second-order valence-corrected chi connectivity index (χ2v) is 3.52. The maximum atomic E-state index is 4.00. The molecule has 56 valence electrons. The molecular weight excluding hydrogens is 122 g/mol. The molecule has 0 N–H and O–H groups in total.